The van der Waals surface area contributed by atoms with Crippen molar-refractivity contribution in [3.05, 3.63) is 42.5 Å². The van der Waals surface area contributed by atoms with Crippen molar-refractivity contribution in [3.63, 3.8) is 0 Å². The Kier molecular flexibility index (Phi) is 4.98. The maximum absolute atomic E-state index is 12.1. The van der Waals surface area contributed by atoms with Gasteiger partial charge in [-0.2, -0.15) is 0 Å². The third-order valence-corrected chi connectivity index (χ3v) is 3.60. The van der Waals surface area contributed by atoms with E-state index in [1.807, 2.05) is 0 Å². The van der Waals surface area contributed by atoms with Gasteiger partial charge in [0.25, 0.3) is 5.91 Å². The number of carbonyl (C=O) groups is 2. The number of carboxylic acids is 1. The van der Waals surface area contributed by atoms with Crippen LogP contribution in [0, 0.1) is 5.92 Å². The molecule has 0 radical (unpaired) electrons. The molecule has 112 valence electrons. The summed E-state index contributed by atoms with van der Waals surface area (Å²) in [5, 5.41) is 11.8. The molecule has 1 aliphatic rings. The van der Waals surface area contributed by atoms with Crippen molar-refractivity contribution in [2.75, 3.05) is 6.61 Å². The summed E-state index contributed by atoms with van der Waals surface area (Å²) in [5.41, 5.74) is 0.541. The number of hydrogen-bond donors (Lipinski definition) is 2. The van der Waals surface area contributed by atoms with Crippen molar-refractivity contribution in [3.8, 4) is 5.75 Å². The molecule has 21 heavy (non-hydrogen) atoms. The largest absolute Gasteiger partial charge is 0.490 e. The first-order valence-corrected chi connectivity index (χ1v) is 6.97. The van der Waals surface area contributed by atoms with Crippen molar-refractivity contribution in [1.82, 2.24) is 5.32 Å². The van der Waals surface area contributed by atoms with Gasteiger partial charge in [0, 0.05) is 11.6 Å². The van der Waals surface area contributed by atoms with Gasteiger partial charge in [0.1, 0.15) is 12.4 Å². The van der Waals surface area contributed by atoms with Gasteiger partial charge >= 0.3 is 5.97 Å². The number of hydrogen-bond acceptors (Lipinski definition) is 3. The summed E-state index contributed by atoms with van der Waals surface area (Å²) in [4.78, 5) is 23.0. The van der Waals surface area contributed by atoms with E-state index in [2.05, 4.69) is 11.9 Å². The van der Waals surface area contributed by atoms with E-state index in [1.165, 1.54) is 0 Å². The van der Waals surface area contributed by atoms with Crippen LogP contribution < -0.4 is 10.1 Å². The summed E-state index contributed by atoms with van der Waals surface area (Å²) in [6, 6.07) is 6.78. The Hall–Kier alpha value is -2.30. The van der Waals surface area contributed by atoms with E-state index in [-0.39, 0.29) is 17.9 Å². The zero-order valence-corrected chi connectivity index (χ0v) is 11.7. The minimum atomic E-state index is -0.782. The van der Waals surface area contributed by atoms with Crippen molar-refractivity contribution < 1.29 is 19.4 Å². The van der Waals surface area contributed by atoms with Crippen LogP contribution in [0.25, 0.3) is 0 Å². The highest BCUT2D eigenvalue weighted by molar-refractivity contribution is 5.94. The molecule has 2 rings (SSSR count). The highest BCUT2D eigenvalue weighted by atomic mass is 16.5. The molecule has 1 aromatic carbocycles. The lowest BCUT2D eigenvalue weighted by atomic mass is 10.1. The normalized spacial score (nSPS) is 20.8. The first-order chi connectivity index (χ1) is 10.1. The van der Waals surface area contributed by atoms with Crippen LogP contribution in [0.3, 0.4) is 0 Å². The molecule has 1 fully saturated rings. The van der Waals surface area contributed by atoms with Crippen LogP contribution in [-0.4, -0.2) is 29.6 Å². The molecule has 0 aromatic heterocycles. The van der Waals surface area contributed by atoms with Gasteiger partial charge in [-0.15, -0.1) is 0 Å². The number of aliphatic carboxylic acids is 1. The number of amides is 1. The van der Waals surface area contributed by atoms with Gasteiger partial charge in [0.15, 0.2) is 0 Å². The predicted octanol–water partition coefficient (Wildman–Crippen LogP) is 2.23. The molecule has 5 heteroatoms. The summed E-state index contributed by atoms with van der Waals surface area (Å²) in [6.07, 6.45) is 3.49. The Morgan fingerprint density at radius 1 is 1.33 bits per heavy atom. The fourth-order valence-corrected chi connectivity index (χ4v) is 2.46. The van der Waals surface area contributed by atoms with Crippen LogP contribution in [0.4, 0.5) is 0 Å². The van der Waals surface area contributed by atoms with E-state index in [9.17, 15) is 9.59 Å². The highest BCUT2D eigenvalue weighted by Crippen LogP contribution is 2.26. The lowest BCUT2D eigenvalue weighted by molar-refractivity contribution is -0.141. The Labute approximate surface area is 123 Å². The van der Waals surface area contributed by atoms with Crippen LogP contribution in [0.1, 0.15) is 29.6 Å². The molecule has 1 aliphatic carbocycles. The fraction of sp³-hybridized carbons (Fsp3) is 0.375. The zero-order valence-electron chi connectivity index (χ0n) is 11.7. The van der Waals surface area contributed by atoms with E-state index in [4.69, 9.17) is 9.84 Å². The number of nitrogens with one attached hydrogen (secondary N) is 1. The van der Waals surface area contributed by atoms with Crippen LogP contribution in [0.15, 0.2) is 36.9 Å². The zero-order chi connectivity index (χ0) is 15.2. The van der Waals surface area contributed by atoms with E-state index in [1.54, 1.807) is 30.3 Å². The standard InChI is InChI=1S/C16H19NO4/c1-2-9-21-14-7-4-11(5-8-14)15(18)17-13-6-3-12(10-13)16(19)20/h2,4-5,7-8,12-13H,1,3,6,9-10H2,(H,17,18)(H,19,20)/t12-,13+/m1/s1. The average molecular weight is 289 g/mol. The van der Waals surface area contributed by atoms with Crippen molar-refractivity contribution in [2.24, 2.45) is 5.92 Å². The molecule has 5 nitrogen and oxygen atoms in total. The SMILES string of the molecule is C=CCOc1ccc(C(=O)N[C@H]2CC[C@@H](C(=O)O)C2)cc1. The topological polar surface area (TPSA) is 75.6 Å². The van der Waals surface area contributed by atoms with E-state index in [0.29, 0.717) is 37.2 Å². The molecule has 2 atom stereocenters. The Balaban J connectivity index is 1.88. The van der Waals surface area contributed by atoms with Gasteiger partial charge in [-0.1, -0.05) is 12.7 Å². The van der Waals surface area contributed by atoms with Crippen LogP contribution in [0.5, 0.6) is 5.75 Å². The monoisotopic (exact) mass is 289 g/mol. The summed E-state index contributed by atoms with van der Waals surface area (Å²) >= 11 is 0. The molecule has 0 bridgehead atoms. The molecule has 0 aliphatic heterocycles. The number of benzene rings is 1. The highest BCUT2D eigenvalue weighted by Gasteiger charge is 2.30. The van der Waals surface area contributed by atoms with Gasteiger partial charge in [-0.3, -0.25) is 9.59 Å². The third kappa shape index (κ3) is 4.08. The lowest BCUT2D eigenvalue weighted by Gasteiger charge is -2.12. The Morgan fingerprint density at radius 3 is 2.62 bits per heavy atom. The minimum absolute atomic E-state index is 0.0599. The van der Waals surface area contributed by atoms with Gasteiger partial charge in [-0.05, 0) is 43.5 Å². The molecule has 0 spiro atoms. The van der Waals surface area contributed by atoms with E-state index in [0.717, 1.165) is 0 Å². The van der Waals surface area contributed by atoms with Gasteiger partial charge in [-0.25, -0.2) is 0 Å². The smallest absolute Gasteiger partial charge is 0.306 e. The van der Waals surface area contributed by atoms with Gasteiger partial charge in [0.05, 0.1) is 5.92 Å². The maximum Gasteiger partial charge on any atom is 0.306 e. The molecular weight excluding hydrogens is 270 g/mol. The van der Waals surface area contributed by atoms with E-state index < -0.39 is 5.97 Å². The second-order valence-corrected chi connectivity index (χ2v) is 5.14. The second-order valence-electron chi connectivity index (χ2n) is 5.14. The second kappa shape index (κ2) is 6.92. The molecule has 0 heterocycles. The summed E-state index contributed by atoms with van der Waals surface area (Å²) in [6.45, 7) is 3.99. The van der Waals surface area contributed by atoms with E-state index >= 15 is 0 Å². The number of ether oxygens (including phenoxy) is 1. The molecular formula is C16H19NO4. The van der Waals surface area contributed by atoms with Crippen LogP contribution in [0.2, 0.25) is 0 Å². The van der Waals surface area contributed by atoms with Crippen molar-refractivity contribution in [2.45, 2.75) is 25.3 Å². The summed E-state index contributed by atoms with van der Waals surface area (Å²) in [5.74, 6) is -0.625. The van der Waals surface area contributed by atoms with Crippen LogP contribution >= 0.6 is 0 Å². The van der Waals surface area contributed by atoms with Gasteiger partial charge < -0.3 is 15.2 Å². The molecule has 1 aromatic rings. The van der Waals surface area contributed by atoms with Crippen molar-refractivity contribution in [1.29, 1.82) is 0 Å². The van der Waals surface area contributed by atoms with Gasteiger partial charge in [0.2, 0.25) is 0 Å². The maximum atomic E-state index is 12.1. The average Bonchev–Trinajstić information content (AvgIpc) is 2.94. The first kappa shape index (κ1) is 15.1. The number of carbonyl (C=O) groups excluding carboxylic acids is 1. The molecule has 0 unspecified atom stereocenters. The first-order valence-electron chi connectivity index (χ1n) is 6.97. The lowest BCUT2D eigenvalue weighted by Crippen LogP contribution is -2.33. The third-order valence-electron chi connectivity index (χ3n) is 3.60. The summed E-state index contributed by atoms with van der Waals surface area (Å²) < 4.78 is 5.35. The fourth-order valence-electron chi connectivity index (χ4n) is 2.46. The predicted molar refractivity (Wildman–Crippen MR) is 78.4 cm³/mol. The quantitative estimate of drug-likeness (QED) is 0.787. The van der Waals surface area contributed by atoms with Crippen LogP contribution in [-0.2, 0) is 4.79 Å². The Bertz CT molecular complexity index is 524. The number of rotatable bonds is 6. The minimum Gasteiger partial charge on any atom is -0.490 e. The number of carboxylic acid groups (broad SMARTS) is 1. The van der Waals surface area contributed by atoms with Crippen molar-refractivity contribution >= 4 is 11.9 Å². The molecule has 2 N–H and O–H groups in total. The molecule has 1 amide bonds. The Morgan fingerprint density at radius 2 is 2.05 bits per heavy atom. The molecule has 1 saturated carbocycles. The molecule has 0 saturated heterocycles. The summed E-state index contributed by atoms with van der Waals surface area (Å²) in [7, 11) is 0.